The van der Waals surface area contributed by atoms with Crippen LogP contribution in [-0.4, -0.2) is 28.1 Å². The van der Waals surface area contributed by atoms with Crippen LogP contribution in [0.1, 0.15) is 34.3 Å². The predicted octanol–water partition coefficient (Wildman–Crippen LogP) is 3.64. The van der Waals surface area contributed by atoms with E-state index in [2.05, 4.69) is 10.4 Å². The minimum Gasteiger partial charge on any atom is -0.348 e. The van der Waals surface area contributed by atoms with Crippen LogP contribution in [0.3, 0.4) is 0 Å². The second-order valence-corrected chi connectivity index (χ2v) is 7.43. The maximum Gasteiger partial charge on any atom is 0.254 e. The first kappa shape index (κ1) is 19.2. The van der Waals surface area contributed by atoms with Crippen molar-refractivity contribution in [2.75, 3.05) is 11.4 Å². The summed E-state index contributed by atoms with van der Waals surface area (Å²) in [7, 11) is 0. The number of halogens is 1. The zero-order valence-electron chi connectivity index (χ0n) is 15.8. The summed E-state index contributed by atoms with van der Waals surface area (Å²) in [5.41, 5.74) is 3.26. The second kappa shape index (κ2) is 8.49. The van der Waals surface area contributed by atoms with E-state index >= 15 is 0 Å². The number of rotatable bonds is 6. The molecule has 0 saturated carbocycles. The summed E-state index contributed by atoms with van der Waals surface area (Å²) < 4.78 is 1.69. The van der Waals surface area contributed by atoms with Crippen molar-refractivity contribution in [2.45, 2.75) is 25.9 Å². The zero-order valence-corrected chi connectivity index (χ0v) is 16.6. The zero-order chi connectivity index (χ0) is 20.2. The molecule has 0 unspecified atom stereocenters. The molecule has 1 aliphatic rings. The summed E-state index contributed by atoms with van der Waals surface area (Å²) in [6, 6.07) is 15.3. The molecule has 0 spiro atoms. The fourth-order valence-corrected chi connectivity index (χ4v) is 3.60. The van der Waals surface area contributed by atoms with Gasteiger partial charge in [0.1, 0.15) is 0 Å². The SMILES string of the molecule is O=C(NCc1cccc(N2CCCC2=O)c1)c1cnn(Cc2ccccc2Cl)c1. The van der Waals surface area contributed by atoms with E-state index in [1.807, 2.05) is 48.5 Å². The predicted molar refractivity (Wildman–Crippen MR) is 112 cm³/mol. The van der Waals surface area contributed by atoms with E-state index in [-0.39, 0.29) is 11.8 Å². The first-order valence-electron chi connectivity index (χ1n) is 9.53. The summed E-state index contributed by atoms with van der Waals surface area (Å²) in [5, 5.41) is 7.84. The quantitative estimate of drug-likeness (QED) is 0.677. The molecule has 0 radical (unpaired) electrons. The Labute approximate surface area is 174 Å². The molecule has 1 fully saturated rings. The summed E-state index contributed by atoms with van der Waals surface area (Å²) >= 11 is 6.18. The number of hydrogen-bond donors (Lipinski definition) is 1. The van der Waals surface area contributed by atoms with Crippen LogP contribution < -0.4 is 10.2 Å². The Morgan fingerprint density at radius 2 is 2.03 bits per heavy atom. The lowest BCUT2D eigenvalue weighted by molar-refractivity contribution is -0.117. The number of carbonyl (C=O) groups is 2. The van der Waals surface area contributed by atoms with E-state index in [0.717, 1.165) is 29.8 Å². The molecule has 148 valence electrons. The average molecular weight is 409 g/mol. The summed E-state index contributed by atoms with van der Waals surface area (Å²) in [6.07, 6.45) is 4.74. The van der Waals surface area contributed by atoms with Crippen molar-refractivity contribution in [3.63, 3.8) is 0 Å². The number of nitrogens with one attached hydrogen (secondary N) is 1. The van der Waals surface area contributed by atoms with Gasteiger partial charge in [0.15, 0.2) is 0 Å². The normalized spacial score (nSPS) is 13.7. The average Bonchev–Trinajstić information content (AvgIpc) is 3.37. The maximum atomic E-state index is 12.5. The molecular formula is C22H21ClN4O2. The topological polar surface area (TPSA) is 67.2 Å². The van der Waals surface area contributed by atoms with Gasteiger partial charge in [0.25, 0.3) is 5.91 Å². The fourth-order valence-electron chi connectivity index (χ4n) is 3.41. The van der Waals surface area contributed by atoms with Crippen LogP contribution in [0.2, 0.25) is 5.02 Å². The van der Waals surface area contributed by atoms with Gasteiger partial charge in [-0.25, -0.2) is 0 Å². The van der Waals surface area contributed by atoms with Crippen molar-refractivity contribution >= 4 is 29.1 Å². The van der Waals surface area contributed by atoms with Crippen LogP contribution in [0.5, 0.6) is 0 Å². The number of carbonyl (C=O) groups excluding carboxylic acids is 2. The Morgan fingerprint density at radius 1 is 1.17 bits per heavy atom. The first-order chi connectivity index (χ1) is 14.1. The molecule has 7 heteroatoms. The smallest absolute Gasteiger partial charge is 0.254 e. The standard InChI is InChI=1S/C22H21ClN4O2/c23-20-8-2-1-6-17(20)14-26-15-18(13-25-26)22(29)24-12-16-5-3-7-19(11-16)27-10-4-9-21(27)28/h1-3,5-8,11,13,15H,4,9-10,12,14H2,(H,24,29). The van der Waals surface area contributed by atoms with Crippen molar-refractivity contribution in [3.8, 4) is 0 Å². The van der Waals surface area contributed by atoms with Gasteiger partial charge >= 0.3 is 0 Å². The van der Waals surface area contributed by atoms with E-state index in [9.17, 15) is 9.59 Å². The lowest BCUT2D eigenvalue weighted by Crippen LogP contribution is -2.25. The summed E-state index contributed by atoms with van der Waals surface area (Å²) in [4.78, 5) is 26.2. The van der Waals surface area contributed by atoms with Crippen LogP contribution in [0.4, 0.5) is 5.69 Å². The van der Waals surface area contributed by atoms with Crippen molar-refractivity contribution in [1.82, 2.24) is 15.1 Å². The lowest BCUT2D eigenvalue weighted by Gasteiger charge is -2.16. The van der Waals surface area contributed by atoms with Gasteiger partial charge in [0.05, 0.1) is 18.3 Å². The number of benzene rings is 2. The number of anilines is 1. The van der Waals surface area contributed by atoms with E-state index in [1.165, 1.54) is 0 Å². The molecule has 0 bridgehead atoms. The van der Waals surface area contributed by atoms with Gasteiger partial charge in [-0.1, -0.05) is 41.9 Å². The highest BCUT2D eigenvalue weighted by molar-refractivity contribution is 6.31. The van der Waals surface area contributed by atoms with Crippen molar-refractivity contribution in [1.29, 1.82) is 0 Å². The van der Waals surface area contributed by atoms with Crippen LogP contribution in [-0.2, 0) is 17.9 Å². The first-order valence-corrected chi connectivity index (χ1v) is 9.91. The molecule has 2 aromatic carbocycles. The highest BCUT2D eigenvalue weighted by atomic mass is 35.5. The van der Waals surface area contributed by atoms with Crippen LogP contribution in [0, 0.1) is 0 Å². The molecule has 2 amide bonds. The second-order valence-electron chi connectivity index (χ2n) is 7.02. The highest BCUT2D eigenvalue weighted by Crippen LogP contribution is 2.22. The number of amides is 2. The molecule has 6 nitrogen and oxygen atoms in total. The monoisotopic (exact) mass is 408 g/mol. The molecule has 1 aliphatic heterocycles. The largest absolute Gasteiger partial charge is 0.348 e. The fraction of sp³-hybridized carbons (Fsp3) is 0.227. The summed E-state index contributed by atoms with van der Waals surface area (Å²) in [6.45, 7) is 1.63. The van der Waals surface area contributed by atoms with Gasteiger partial charge in [-0.05, 0) is 35.7 Å². The Balaban J connectivity index is 1.37. The van der Waals surface area contributed by atoms with Crippen molar-refractivity contribution < 1.29 is 9.59 Å². The number of hydrogen-bond acceptors (Lipinski definition) is 3. The Kier molecular flexibility index (Phi) is 5.62. The number of nitrogens with zero attached hydrogens (tertiary/aromatic N) is 3. The molecule has 3 aromatic rings. The molecule has 1 saturated heterocycles. The van der Waals surface area contributed by atoms with Crippen molar-refractivity contribution in [3.05, 3.63) is 82.6 Å². The van der Waals surface area contributed by atoms with E-state index in [4.69, 9.17) is 11.6 Å². The van der Waals surface area contributed by atoms with Crippen LogP contribution in [0.15, 0.2) is 60.9 Å². The van der Waals surface area contributed by atoms with Gasteiger partial charge in [0, 0.05) is 36.4 Å². The highest BCUT2D eigenvalue weighted by Gasteiger charge is 2.21. The molecule has 0 aliphatic carbocycles. The molecule has 4 rings (SSSR count). The molecule has 1 aromatic heterocycles. The van der Waals surface area contributed by atoms with E-state index in [0.29, 0.717) is 30.1 Å². The Hall–Kier alpha value is -3.12. The third-order valence-corrected chi connectivity index (χ3v) is 5.30. The third-order valence-electron chi connectivity index (χ3n) is 4.93. The molecule has 0 atom stereocenters. The van der Waals surface area contributed by atoms with Gasteiger partial charge in [0.2, 0.25) is 5.91 Å². The molecule has 29 heavy (non-hydrogen) atoms. The minimum atomic E-state index is -0.196. The Bertz CT molecular complexity index is 1050. The maximum absolute atomic E-state index is 12.5. The van der Waals surface area contributed by atoms with E-state index in [1.54, 1.807) is 22.0 Å². The third kappa shape index (κ3) is 4.49. The Morgan fingerprint density at radius 3 is 2.83 bits per heavy atom. The van der Waals surface area contributed by atoms with Gasteiger partial charge < -0.3 is 10.2 Å². The molecular weight excluding hydrogens is 388 g/mol. The number of aromatic nitrogens is 2. The van der Waals surface area contributed by atoms with Crippen molar-refractivity contribution in [2.24, 2.45) is 0 Å². The van der Waals surface area contributed by atoms with Gasteiger partial charge in [-0.3, -0.25) is 14.3 Å². The minimum absolute atomic E-state index is 0.150. The van der Waals surface area contributed by atoms with Crippen LogP contribution >= 0.6 is 11.6 Å². The van der Waals surface area contributed by atoms with Crippen LogP contribution in [0.25, 0.3) is 0 Å². The molecule has 2 heterocycles. The summed E-state index contributed by atoms with van der Waals surface area (Å²) in [5.74, 6) is -0.0461. The van der Waals surface area contributed by atoms with Gasteiger partial charge in [-0.15, -0.1) is 0 Å². The van der Waals surface area contributed by atoms with E-state index < -0.39 is 0 Å². The van der Waals surface area contributed by atoms with Gasteiger partial charge in [-0.2, -0.15) is 5.10 Å². The molecule has 1 N–H and O–H groups in total. The lowest BCUT2D eigenvalue weighted by atomic mass is 10.2.